The Labute approximate surface area is 163 Å². The molecule has 0 amide bonds. The number of hydrogen-bond donors (Lipinski definition) is 0. The highest BCUT2D eigenvalue weighted by atomic mass is 16.5. The van der Waals surface area contributed by atoms with Gasteiger partial charge in [0.25, 0.3) is 0 Å². The summed E-state index contributed by atoms with van der Waals surface area (Å²) in [4.78, 5) is 6.76. The zero-order valence-electron chi connectivity index (χ0n) is 16.8. The van der Waals surface area contributed by atoms with Crippen LogP contribution in [0.3, 0.4) is 0 Å². The van der Waals surface area contributed by atoms with Crippen LogP contribution in [0.4, 0.5) is 5.69 Å². The molecule has 148 valence electrons. The number of anilines is 1. The van der Waals surface area contributed by atoms with Gasteiger partial charge in [-0.15, -0.1) is 0 Å². The average Bonchev–Trinajstić information content (AvgIpc) is 2.64. The minimum Gasteiger partial charge on any atom is -0.378 e. The zero-order valence-corrected chi connectivity index (χ0v) is 16.8. The molecule has 0 bridgehead atoms. The maximum absolute atomic E-state index is 6.24. The van der Waals surface area contributed by atoms with Gasteiger partial charge in [0.05, 0.1) is 24.4 Å². The van der Waals surface area contributed by atoms with Crippen LogP contribution in [0.15, 0.2) is 18.3 Å². The summed E-state index contributed by atoms with van der Waals surface area (Å²) in [6.45, 7) is 9.35. The highest BCUT2D eigenvalue weighted by molar-refractivity contribution is 5.50. The fourth-order valence-electron chi connectivity index (χ4n) is 3.54. The van der Waals surface area contributed by atoms with Gasteiger partial charge in [0.1, 0.15) is 12.3 Å². The van der Waals surface area contributed by atoms with Gasteiger partial charge in [-0.1, -0.05) is 5.92 Å². The van der Waals surface area contributed by atoms with Crippen LogP contribution >= 0.6 is 0 Å². The van der Waals surface area contributed by atoms with Crippen molar-refractivity contribution >= 4 is 5.69 Å². The smallest absolute Gasteiger partial charge is 0.115 e. The summed E-state index contributed by atoms with van der Waals surface area (Å²) in [5.74, 6) is 6.13. The van der Waals surface area contributed by atoms with Crippen molar-refractivity contribution in [3.8, 4) is 11.8 Å². The van der Waals surface area contributed by atoms with Gasteiger partial charge < -0.3 is 19.1 Å². The van der Waals surface area contributed by atoms with Gasteiger partial charge in [-0.05, 0) is 64.5 Å². The average molecular weight is 373 g/mol. The Morgan fingerprint density at radius 3 is 2.67 bits per heavy atom. The third-order valence-corrected chi connectivity index (χ3v) is 5.09. The Balaban J connectivity index is 1.43. The molecule has 2 aliphatic rings. The molecule has 2 heterocycles. The lowest BCUT2D eigenvalue weighted by atomic mass is 9.91. The summed E-state index contributed by atoms with van der Waals surface area (Å²) in [6.07, 6.45) is 7.49. The van der Waals surface area contributed by atoms with Crippen LogP contribution < -0.4 is 4.90 Å². The fourth-order valence-corrected chi connectivity index (χ4v) is 3.54. The largest absolute Gasteiger partial charge is 0.378 e. The van der Waals surface area contributed by atoms with E-state index >= 15 is 0 Å². The van der Waals surface area contributed by atoms with Crippen molar-refractivity contribution in [3.05, 3.63) is 24.0 Å². The number of pyridine rings is 1. The monoisotopic (exact) mass is 372 g/mol. The van der Waals surface area contributed by atoms with E-state index in [0.717, 1.165) is 51.1 Å². The Kier molecular flexibility index (Phi) is 7.51. The Morgan fingerprint density at radius 1 is 1.19 bits per heavy atom. The molecule has 1 aliphatic heterocycles. The van der Waals surface area contributed by atoms with E-state index < -0.39 is 0 Å². The maximum atomic E-state index is 6.24. The van der Waals surface area contributed by atoms with Crippen molar-refractivity contribution in [2.75, 3.05) is 31.2 Å². The van der Waals surface area contributed by atoms with E-state index in [1.807, 2.05) is 20.0 Å². The normalized spacial score (nSPS) is 23.0. The molecule has 0 atom stereocenters. The minimum atomic E-state index is 0.201. The van der Waals surface area contributed by atoms with Crippen molar-refractivity contribution in [1.29, 1.82) is 0 Å². The van der Waals surface area contributed by atoms with E-state index in [2.05, 4.69) is 40.8 Å². The molecular formula is C22H32N2O3. The van der Waals surface area contributed by atoms with Gasteiger partial charge in [0.15, 0.2) is 0 Å². The lowest BCUT2D eigenvalue weighted by Gasteiger charge is -2.40. The molecule has 1 aromatic heterocycles. The minimum absolute atomic E-state index is 0.201. The lowest BCUT2D eigenvalue weighted by molar-refractivity contribution is -0.127. The predicted octanol–water partition coefficient (Wildman–Crippen LogP) is 3.41. The first kappa shape index (κ1) is 20.1. The van der Waals surface area contributed by atoms with Gasteiger partial charge >= 0.3 is 0 Å². The number of rotatable bonds is 7. The topological polar surface area (TPSA) is 43.8 Å². The number of aromatic nitrogens is 1. The van der Waals surface area contributed by atoms with Crippen LogP contribution in [0.25, 0.3) is 0 Å². The highest BCUT2D eigenvalue weighted by Gasteiger charge is 2.33. The van der Waals surface area contributed by atoms with Crippen LogP contribution in [0, 0.1) is 11.8 Å². The third kappa shape index (κ3) is 6.21. The first-order valence-electron chi connectivity index (χ1n) is 10.2. The molecular weight excluding hydrogens is 340 g/mol. The second-order valence-electron chi connectivity index (χ2n) is 7.55. The molecule has 3 rings (SSSR count). The van der Waals surface area contributed by atoms with E-state index in [1.165, 1.54) is 5.69 Å². The summed E-state index contributed by atoms with van der Waals surface area (Å²) in [5.41, 5.74) is 1.99. The Hall–Kier alpha value is -1.61. The SMILES string of the molecule is CCOC1CC(OC2CCN(c3ccnc(C#CCOC(C)C)c3)CC2)C1. The van der Waals surface area contributed by atoms with Gasteiger partial charge in [-0.25, -0.2) is 4.98 Å². The number of nitrogens with zero attached hydrogens (tertiary/aromatic N) is 2. The molecule has 1 aromatic rings. The molecule has 0 N–H and O–H groups in total. The van der Waals surface area contributed by atoms with E-state index in [9.17, 15) is 0 Å². The molecule has 0 unspecified atom stereocenters. The van der Waals surface area contributed by atoms with Crippen LogP contribution in [-0.2, 0) is 14.2 Å². The summed E-state index contributed by atoms with van der Waals surface area (Å²) in [6, 6.07) is 4.14. The standard InChI is InChI=1S/C22H32N2O3/c1-4-25-21-15-22(16-21)27-20-8-11-24(12-9-20)19-7-10-23-18(14-19)6-5-13-26-17(2)3/h7,10,14,17,20-22H,4,8-9,11-13,15-16H2,1-3H3. The Morgan fingerprint density at radius 2 is 1.96 bits per heavy atom. The number of ether oxygens (including phenoxy) is 3. The van der Waals surface area contributed by atoms with Crippen molar-refractivity contribution in [2.45, 2.75) is 70.9 Å². The molecule has 1 aliphatic carbocycles. The predicted molar refractivity (Wildman–Crippen MR) is 107 cm³/mol. The summed E-state index contributed by atoms with van der Waals surface area (Å²) in [5, 5.41) is 0. The van der Waals surface area contributed by atoms with E-state index in [-0.39, 0.29) is 6.10 Å². The van der Waals surface area contributed by atoms with Gasteiger partial charge in [0.2, 0.25) is 0 Å². The summed E-state index contributed by atoms with van der Waals surface area (Å²) >= 11 is 0. The van der Waals surface area contributed by atoms with Crippen LogP contribution in [0.1, 0.15) is 52.1 Å². The van der Waals surface area contributed by atoms with E-state index in [0.29, 0.717) is 24.9 Å². The molecule has 0 aromatic carbocycles. The quantitative estimate of drug-likeness (QED) is 0.686. The van der Waals surface area contributed by atoms with Gasteiger partial charge in [-0.3, -0.25) is 0 Å². The molecule has 5 nitrogen and oxygen atoms in total. The molecule has 0 radical (unpaired) electrons. The van der Waals surface area contributed by atoms with Crippen molar-refractivity contribution in [3.63, 3.8) is 0 Å². The second kappa shape index (κ2) is 10.1. The van der Waals surface area contributed by atoms with E-state index in [1.54, 1.807) is 0 Å². The highest BCUT2D eigenvalue weighted by Crippen LogP contribution is 2.30. The van der Waals surface area contributed by atoms with Crippen LogP contribution in [-0.4, -0.2) is 55.7 Å². The molecule has 2 fully saturated rings. The van der Waals surface area contributed by atoms with Gasteiger partial charge in [-0.2, -0.15) is 0 Å². The Bertz CT molecular complexity index is 638. The molecule has 1 saturated carbocycles. The summed E-state index contributed by atoms with van der Waals surface area (Å²) in [7, 11) is 0. The molecule has 1 saturated heterocycles. The van der Waals surface area contributed by atoms with Crippen molar-refractivity contribution in [2.24, 2.45) is 0 Å². The van der Waals surface area contributed by atoms with Crippen molar-refractivity contribution in [1.82, 2.24) is 4.98 Å². The van der Waals surface area contributed by atoms with Crippen LogP contribution in [0.5, 0.6) is 0 Å². The zero-order chi connectivity index (χ0) is 19.1. The van der Waals surface area contributed by atoms with Gasteiger partial charge in [0, 0.05) is 31.6 Å². The third-order valence-electron chi connectivity index (χ3n) is 5.09. The maximum Gasteiger partial charge on any atom is 0.115 e. The molecule has 0 spiro atoms. The van der Waals surface area contributed by atoms with E-state index in [4.69, 9.17) is 14.2 Å². The number of piperidine rings is 1. The molecule has 5 heteroatoms. The molecule has 27 heavy (non-hydrogen) atoms. The van der Waals surface area contributed by atoms with Crippen molar-refractivity contribution < 1.29 is 14.2 Å². The second-order valence-corrected chi connectivity index (χ2v) is 7.55. The van der Waals surface area contributed by atoms with Crippen LogP contribution in [0.2, 0.25) is 0 Å². The lowest BCUT2D eigenvalue weighted by Crippen LogP contribution is -2.43. The summed E-state index contributed by atoms with van der Waals surface area (Å²) < 4.78 is 17.3. The first-order chi connectivity index (χ1) is 13.1. The first-order valence-corrected chi connectivity index (χ1v) is 10.2. The fraction of sp³-hybridized carbons (Fsp3) is 0.682. The number of hydrogen-bond acceptors (Lipinski definition) is 5.